The Labute approximate surface area is 221 Å². The van der Waals surface area contributed by atoms with E-state index in [1.807, 2.05) is 29.8 Å². The van der Waals surface area contributed by atoms with Crippen LogP contribution in [0.3, 0.4) is 0 Å². The Morgan fingerprint density at radius 2 is 1.76 bits per heavy atom. The maximum absolute atomic E-state index is 13.8. The van der Waals surface area contributed by atoms with E-state index < -0.39 is 0 Å². The highest BCUT2D eigenvalue weighted by Crippen LogP contribution is 2.31. The van der Waals surface area contributed by atoms with Crippen molar-refractivity contribution in [3.63, 3.8) is 0 Å². The number of likely N-dealkylation sites (tertiary alicyclic amines) is 1. The number of halogens is 1. The first-order valence-electron chi connectivity index (χ1n) is 13.0. The van der Waals surface area contributed by atoms with E-state index in [0.717, 1.165) is 42.7 Å². The lowest BCUT2D eigenvalue weighted by molar-refractivity contribution is 0.0929. The number of nitrogens with zero attached hydrogens (tertiary/aromatic N) is 2. The predicted molar refractivity (Wildman–Crippen MR) is 147 cm³/mol. The van der Waals surface area contributed by atoms with Gasteiger partial charge in [-0.1, -0.05) is 48.5 Å². The molecule has 1 unspecified atom stereocenters. The molecular weight excluding hydrogens is 477 g/mol. The van der Waals surface area contributed by atoms with E-state index in [2.05, 4.69) is 52.7 Å². The normalized spacial score (nSPS) is 15.8. The van der Waals surface area contributed by atoms with E-state index in [1.165, 1.54) is 28.5 Å². The molecule has 0 aliphatic carbocycles. The summed E-state index contributed by atoms with van der Waals surface area (Å²) >= 11 is 0. The number of nitrogens with one attached hydrogen (secondary N) is 1. The van der Waals surface area contributed by atoms with Gasteiger partial charge in [-0.2, -0.15) is 0 Å². The van der Waals surface area contributed by atoms with Gasteiger partial charge in [0.15, 0.2) is 0 Å². The Bertz CT molecular complexity index is 1570. The predicted octanol–water partition coefficient (Wildman–Crippen LogP) is 6.40. The van der Waals surface area contributed by atoms with Crippen LogP contribution in [0.1, 0.15) is 33.6 Å². The van der Waals surface area contributed by atoms with Gasteiger partial charge in [-0.25, -0.2) is 4.39 Å². The van der Waals surface area contributed by atoms with E-state index in [1.54, 1.807) is 18.4 Å². The third-order valence-corrected chi connectivity index (χ3v) is 7.34. The fourth-order valence-corrected chi connectivity index (χ4v) is 5.52. The van der Waals surface area contributed by atoms with Gasteiger partial charge < -0.3 is 14.3 Å². The van der Waals surface area contributed by atoms with Gasteiger partial charge in [0.25, 0.3) is 5.91 Å². The van der Waals surface area contributed by atoms with Crippen molar-refractivity contribution in [2.75, 3.05) is 13.1 Å². The van der Waals surface area contributed by atoms with Gasteiger partial charge in [-0.3, -0.25) is 9.69 Å². The monoisotopic (exact) mass is 507 g/mol. The summed E-state index contributed by atoms with van der Waals surface area (Å²) in [4.78, 5) is 16.1. The van der Waals surface area contributed by atoms with Gasteiger partial charge >= 0.3 is 0 Å². The van der Waals surface area contributed by atoms with Crippen molar-refractivity contribution in [2.24, 2.45) is 0 Å². The van der Waals surface area contributed by atoms with E-state index in [4.69, 9.17) is 4.42 Å². The Morgan fingerprint density at radius 3 is 2.55 bits per heavy atom. The molecule has 1 saturated heterocycles. The Kier molecular flexibility index (Phi) is 6.56. The Hall–Kier alpha value is -4.16. The van der Waals surface area contributed by atoms with Crippen LogP contribution in [0, 0.1) is 12.7 Å². The van der Waals surface area contributed by atoms with Crippen LogP contribution < -0.4 is 5.32 Å². The average Bonchev–Trinajstić information content (AvgIpc) is 3.66. The molecule has 1 fully saturated rings. The number of rotatable bonds is 7. The summed E-state index contributed by atoms with van der Waals surface area (Å²) in [5.41, 5.74) is 4.51. The Balaban J connectivity index is 1.20. The molecule has 2 aromatic heterocycles. The SMILES string of the molecule is Cc1cn(Cc2ccc(F)cc2)c(C(=O)NC2CCN(Cc3ccc4ccccc4c3)C2)c1-c1ccco1. The van der Waals surface area contributed by atoms with Crippen LogP contribution in [0.2, 0.25) is 0 Å². The van der Waals surface area contributed by atoms with Crippen molar-refractivity contribution in [3.8, 4) is 11.3 Å². The number of hydrogen-bond donors (Lipinski definition) is 1. The minimum Gasteiger partial charge on any atom is -0.464 e. The smallest absolute Gasteiger partial charge is 0.268 e. The molecular formula is C32H30FN3O2. The minimum atomic E-state index is -0.277. The highest BCUT2D eigenvalue weighted by Gasteiger charge is 2.28. The van der Waals surface area contributed by atoms with E-state index >= 15 is 0 Å². The molecule has 3 heterocycles. The van der Waals surface area contributed by atoms with Crippen molar-refractivity contribution >= 4 is 16.7 Å². The number of furan rings is 1. The molecule has 1 aliphatic heterocycles. The third kappa shape index (κ3) is 5.00. The van der Waals surface area contributed by atoms with Crippen molar-refractivity contribution in [2.45, 2.75) is 32.5 Å². The number of amides is 1. The van der Waals surface area contributed by atoms with Crippen molar-refractivity contribution < 1.29 is 13.6 Å². The number of fused-ring (bicyclic) bond motifs is 1. The first-order valence-corrected chi connectivity index (χ1v) is 13.0. The summed E-state index contributed by atoms with van der Waals surface area (Å²) in [7, 11) is 0. The van der Waals surface area contributed by atoms with Crippen LogP contribution >= 0.6 is 0 Å². The summed E-state index contributed by atoms with van der Waals surface area (Å²) in [5, 5.41) is 5.78. The van der Waals surface area contributed by atoms with Crippen LogP contribution in [-0.2, 0) is 13.1 Å². The second kappa shape index (κ2) is 10.3. The maximum Gasteiger partial charge on any atom is 0.268 e. The van der Waals surface area contributed by atoms with Gasteiger partial charge in [-0.05, 0) is 71.1 Å². The fraction of sp³-hybridized carbons (Fsp3) is 0.219. The lowest BCUT2D eigenvalue weighted by Gasteiger charge is -2.18. The van der Waals surface area contributed by atoms with Gasteiger partial charge in [0.05, 0.1) is 11.8 Å². The molecule has 6 heteroatoms. The fourth-order valence-electron chi connectivity index (χ4n) is 5.52. The van der Waals surface area contributed by atoms with Crippen LogP contribution in [0.25, 0.3) is 22.1 Å². The first kappa shape index (κ1) is 24.2. The zero-order valence-corrected chi connectivity index (χ0v) is 21.4. The number of carbonyl (C=O) groups excluding carboxylic acids is 1. The number of benzene rings is 3. The molecule has 1 aliphatic rings. The molecule has 1 N–H and O–H groups in total. The number of aryl methyl sites for hydroxylation is 1. The van der Waals surface area contributed by atoms with Crippen molar-refractivity contribution in [1.82, 2.24) is 14.8 Å². The standard InChI is InChI=1S/C32H30FN3O2/c1-22-18-36(20-23-9-12-27(33)13-10-23)31(30(22)29-7-4-16-38-29)32(37)34-28-14-15-35(21-28)19-24-8-11-25-5-2-3-6-26(25)17-24/h2-13,16-18,28H,14-15,19-21H2,1H3,(H,34,37). The molecule has 0 bridgehead atoms. The number of carbonyl (C=O) groups is 1. The minimum absolute atomic E-state index is 0.0573. The van der Waals surface area contributed by atoms with Gasteiger partial charge in [0.1, 0.15) is 17.3 Å². The molecule has 1 amide bonds. The van der Waals surface area contributed by atoms with E-state index in [9.17, 15) is 9.18 Å². The summed E-state index contributed by atoms with van der Waals surface area (Å²) in [6.45, 7) is 5.03. The third-order valence-electron chi connectivity index (χ3n) is 7.34. The van der Waals surface area contributed by atoms with E-state index in [-0.39, 0.29) is 17.8 Å². The molecule has 6 rings (SSSR count). The molecule has 5 aromatic rings. The average molecular weight is 508 g/mol. The lowest BCUT2D eigenvalue weighted by Crippen LogP contribution is -2.38. The molecule has 38 heavy (non-hydrogen) atoms. The molecule has 0 saturated carbocycles. The largest absolute Gasteiger partial charge is 0.464 e. The quantitative estimate of drug-likeness (QED) is 0.277. The molecule has 1 atom stereocenters. The summed E-state index contributed by atoms with van der Waals surface area (Å²) in [5.74, 6) is 0.264. The summed E-state index contributed by atoms with van der Waals surface area (Å²) in [6.07, 6.45) is 4.49. The summed E-state index contributed by atoms with van der Waals surface area (Å²) in [6, 6.07) is 25.2. The van der Waals surface area contributed by atoms with Crippen molar-refractivity contribution in [3.05, 3.63) is 120 Å². The highest BCUT2D eigenvalue weighted by molar-refractivity contribution is 6.00. The van der Waals surface area contributed by atoms with Gasteiger partial charge in [0.2, 0.25) is 0 Å². The van der Waals surface area contributed by atoms with Crippen LogP contribution in [0.5, 0.6) is 0 Å². The number of hydrogen-bond acceptors (Lipinski definition) is 3. The lowest BCUT2D eigenvalue weighted by atomic mass is 10.1. The molecule has 0 radical (unpaired) electrons. The summed E-state index contributed by atoms with van der Waals surface area (Å²) < 4.78 is 21.1. The molecule has 5 nitrogen and oxygen atoms in total. The zero-order valence-electron chi connectivity index (χ0n) is 21.4. The first-order chi connectivity index (χ1) is 18.5. The Morgan fingerprint density at radius 1 is 0.974 bits per heavy atom. The van der Waals surface area contributed by atoms with Gasteiger partial charge in [-0.15, -0.1) is 0 Å². The second-order valence-corrected chi connectivity index (χ2v) is 10.1. The van der Waals surface area contributed by atoms with Crippen LogP contribution in [0.4, 0.5) is 4.39 Å². The number of aromatic nitrogens is 1. The van der Waals surface area contributed by atoms with Gasteiger partial charge in [0, 0.05) is 38.4 Å². The molecule has 3 aromatic carbocycles. The second-order valence-electron chi connectivity index (χ2n) is 10.1. The van der Waals surface area contributed by atoms with Crippen molar-refractivity contribution in [1.29, 1.82) is 0 Å². The van der Waals surface area contributed by atoms with Crippen LogP contribution in [0.15, 0.2) is 95.7 Å². The molecule has 0 spiro atoms. The molecule has 192 valence electrons. The highest BCUT2D eigenvalue weighted by atomic mass is 19.1. The van der Waals surface area contributed by atoms with E-state index in [0.29, 0.717) is 18.0 Å². The topological polar surface area (TPSA) is 50.4 Å². The maximum atomic E-state index is 13.8. The zero-order chi connectivity index (χ0) is 26.1. The van der Waals surface area contributed by atoms with Crippen LogP contribution in [-0.4, -0.2) is 34.5 Å².